The van der Waals surface area contributed by atoms with E-state index in [0.29, 0.717) is 6.61 Å². The van der Waals surface area contributed by atoms with E-state index < -0.39 is 0 Å². The topological polar surface area (TPSA) is 44.5 Å². The van der Waals surface area contributed by atoms with Crippen LogP contribution >= 0.6 is 0 Å². The van der Waals surface area contributed by atoms with Crippen LogP contribution in [0.25, 0.3) is 0 Å². The molecule has 1 heterocycles. The van der Waals surface area contributed by atoms with Gasteiger partial charge in [0.1, 0.15) is 11.9 Å². The Hall–Kier alpha value is -1.06. The molecule has 98 valence electrons. The van der Waals surface area contributed by atoms with Gasteiger partial charge in [0.2, 0.25) is 0 Å². The molecule has 0 aromatic heterocycles. The van der Waals surface area contributed by atoms with Crippen molar-refractivity contribution in [1.29, 1.82) is 0 Å². The molecular formula is C15H21NO2. The lowest BCUT2D eigenvalue weighted by Crippen LogP contribution is -2.28. The highest BCUT2D eigenvalue weighted by Crippen LogP contribution is 2.35. The Kier molecular flexibility index (Phi) is 3.27. The zero-order valence-electron chi connectivity index (χ0n) is 10.7. The molecule has 2 aliphatic rings. The molecule has 3 nitrogen and oxygen atoms in total. The third kappa shape index (κ3) is 3.03. The number of hydrogen-bond donors (Lipinski definition) is 1. The SMILES string of the molecule is NC1(Cc2ccc(OC3CCCOC3)cc2)CC1. The van der Waals surface area contributed by atoms with E-state index in [9.17, 15) is 0 Å². The summed E-state index contributed by atoms with van der Waals surface area (Å²) >= 11 is 0. The molecule has 18 heavy (non-hydrogen) atoms. The van der Waals surface area contributed by atoms with Crippen molar-refractivity contribution in [2.24, 2.45) is 5.73 Å². The molecule has 1 unspecified atom stereocenters. The molecule has 1 aliphatic heterocycles. The molecule has 0 bridgehead atoms. The van der Waals surface area contributed by atoms with Crippen LogP contribution in [-0.2, 0) is 11.2 Å². The lowest BCUT2D eigenvalue weighted by molar-refractivity contribution is 0.00742. The second kappa shape index (κ2) is 4.90. The minimum atomic E-state index is 0.0829. The van der Waals surface area contributed by atoms with Crippen LogP contribution in [0.4, 0.5) is 0 Å². The molecular weight excluding hydrogens is 226 g/mol. The normalized spacial score (nSPS) is 25.7. The Morgan fingerprint density at radius 3 is 2.67 bits per heavy atom. The predicted molar refractivity (Wildman–Crippen MR) is 70.8 cm³/mol. The molecule has 0 spiro atoms. The first-order valence-electron chi connectivity index (χ1n) is 6.86. The predicted octanol–water partition coefficient (Wildman–Crippen LogP) is 2.28. The Balaban J connectivity index is 1.56. The molecule has 0 amide bonds. The summed E-state index contributed by atoms with van der Waals surface area (Å²) in [6, 6.07) is 8.36. The summed E-state index contributed by atoms with van der Waals surface area (Å²) in [6.45, 7) is 1.59. The summed E-state index contributed by atoms with van der Waals surface area (Å²) < 4.78 is 11.3. The van der Waals surface area contributed by atoms with Crippen molar-refractivity contribution in [1.82, 2.24) is 0 Å². The van der Waals surface area contributed by atoms with Crippen molar-refractivity contribution < 1.29 is 9.47 Å². The number of nitrogens with two attached hydrogens (primary N) is 1. The molecule has 1 saturated carbocycles. The van der Waals surface area contributed by atoms with Crippen LogP contribution in [0.2, 0.25) is 0 Å². The molecule has 1 aromatic carbocycles. The molecule has 2 N–H and O–H groups in total. The number of rotatable bonds is 4. The van der Waals surface area contributed by atoms with Gasteiger partial charge in [-0.05, 0) is 49.8 Å². The maximum absolute atomic E-state index is 6.12. The quantitative estimate of drug-likeness (QED) is 0.887. The maximum Gasteiger partial charge on any atom is 0.122 e. The first-order valence-corrected chi connectivity index (χ1v) is 6.86. The van der Waals surface area contributed by atoms with Crippen LogP contribution in [-0.4, -0.2) is 24.9 Å². The fourth-order valence-corrected chi connectivity index (χ4v) is 2.43. The summed E-state index contributed by atoms with van der Waals surface area (Å²) in [5, 5.41) is 0. The highest BCUT2D eigenvalue weighted by Gasteiger charge is 2.37. The largest absolute Gasteiger partial charge is 0.488 e. The molecule has 2 fully saturated rings. The van der Waals surface area contributed by atoms with Gasteiger partial charge in [0.15, 0.2) is 0 Å². The zero-order valence-corrected chi connectivity index (χ0v) is 10.7. The summed E-state index contributed by atoms with van der Waals surface area (Å²) in [5.74, 6) is 0.941. The van der Waals surface area contributed by atoms with E-state index in [4.69, 9.17) is 15.2 Å². The van der Waals surface area contributed by atoms with Crippen LogP contribution in [0.15, 0.2) is 24.3 Å². The van der Waals surface area contributed by atoms with Gasteiger partial charge in [-0.3, -0.25) is 0 Å². The minimum absolute atomic E-state index is 0.0829. The molecule has 1 aliphatic carbocycles. The highest BCUT2D eigenvalue weighted by atomic mass is 16.5. The summed E-state index contributed by atoms with van der Waals surface area (Å²) in [4.78, 5) is 0. The Labute approximate surface area is 108 Å². The second-order valence-corrected chi connectivity index (χ2v) is 5.64. The minimum Gasteiger partial charge on any atom is -0.488 e. The van der Waals surface area contributed by atoms with Gasteiger partial charge in [0.05, 0.1) is 6.61 Å². The Morgan fingerprint density at radius 1 is 1.28 bits per heavy atom. The van der Waals surface area contributed by atoms with E-state index in [0.717, 1.165) is 44.5 Å². The molecule has 1 atom stereocenters. The zero-order chi connectivity index (χ0) is 12.4. The first kappa shape index (κ1) is 12.0. The van der Waals surface area contributed by atoms with Crippen molar-refractivity contribution in [3.05, 3.63) is 29.8 Å². The van der Waals surface area contributed by atoms with Crippen LogP contribution in [0, 0.1) is 0 Å². The number of hydrogen-bond acceptors (Lipinski definition) is 3. The summed E-state index contributed by atoms with van der Waals surface area (Å²) in [5.41, 5.74) is 7.51. The van der Waals surface area contributed by atoms with Crippen molar-refractivity contribution in [3.8, 4) is 5.75 Å². The van der Waals surface area contributed by atoms with Gasteiger partial charge in [0.25, 0.3) is 0 Å². The fourth-order valence-electron chi connectivity index (χ4n) is 2.43. The van der Waals surface area contributed by atoms with Gasteiger partial charge in [-0.1, -0.05) is 12.1 Å². The third-order valence-electron chi connectivity index (χ3n) is 3.79. The van der Waals surface area contributed by atoms with Crippen LogP contribution in [0.1, 0.15) is 31.2 Å². The average molecular weight is 247 g/mol. The van der Waals surface area contributed by atoms with Crippen molar-refractivity contribution >= 4 is 0 Å². The van der Waals surface area contributed by atoms with Crippen molar-refractivity contribution in [3.63, 3.8) is 0 Å². The van der Waals surface area contributed by atoms with E-state index in [1.807, 2.05) is 0 Å². The van der Waals surface area contributed by atoms with Crippen molar-refractivity contribution in [2.75, 3.05) is 13.2 Å². The van der Waals surface area contributed by atoms with Crippen LogP contribution in [0.5, 0.6) is 5.75 Å². The van der Waals surface area contributed by atoms with Crippen LogP contribution < -0.4 is 10.5 Å². The lowest BCUT2D eigenvalue weighted by atomic mass is 10.1. The van der Waals surface area contributed by atoms with Gasteiger partial charge < -0.3 is 15.2 Å². The standard InChI is InChI=1S/C15H21NO2/c16-15(7-8-15)10-12-3-5-13(6-4-12)18-14-2-1-9-17-11-14/h3-6,14H,1-2,7-11,16H2. The smallest absolute Gasteiger partial charge is 0.122 e. The Bertz CT molecular complexity index is 391. The molecule has 3 rings (SSSR count). The van der Waals surface area contributed by atoms with Gasteiger partial charge in [-0.25, -0.2) is 0 Å². The Morgan fingerprint density at radius 2 is 2.06 bits per heavy atom. The lowest BCUT2D eigenvalue weighted by Gasteiger charge is -2.23. The molecule has 3 heteroatoms. The summed E-state index contributed by atoms with van der Waals surface area (Å²) in [7, 11) is 0. The van der Waals surface area contributed by atoms with E-state index in [1.54, 1.807) is 0 Å². The molecule has 1 saturated heterocycles. The van der Waals surface area contributed by atoms with Crippen LogP contribution in [0.3, 0.4) is 0 Å². The third-order valence-corrected chi connectivity index (χ3v) is 3.79. The monoisotopic (exact) mass is 247 g/mol. The van der Waals surface area contributed by atoms with E-state index in [2.05, 4.69) is 24.3 Å². The van der Waals surface area contributed by atoms with E-state index >= 15 is 0 Å². The highest BCUT2D eigenvalue weighted by molar-refractivity contribution is 5.29. The number of benzene rings is 1. The average Bonchev–Trinajstić information content (AvgIpc) is 3.11. The molecule has 0 radical (unpaired) electrons. The van der Waals surface area contributed by atoms with E-state index in [-0.39, 0.29) is 11.6 Å². The summed E-state index contributed by atoms with van der Waals surface area (Å²) in [6.07, 6.45) is 5.70. The maximum atomic E-state index is 6.12. The van der Waals surface area contributed by atoms with Crippen molar-refractivity contribution in [2.45, 2.75) is 43.7 Å². The second-order valence-electron chi connectivity index (χ2n) is 5.64. The molecule has 1 aromatic rings. The van der Waals surface area contributed by atoms with Gasteiger partial charge >= 0.3 is 0 Å². The van der Waals surface area contributed by atoms with Gasteiger partial charge in [-0.2, -0.15) is 0 Å². The number of ether oxygens (including phenoxy) is 2. The van der Waals surface area contributed by atoms with Gasteiger partial charge in [0, 0.05) is 12.1 Å². The van der Waals surface area contributed by atoms with Gasteiger partial charge in [-0.15, -0.1) is 0 Å². The fraction of sp³-hybridized carbons (Fsp3) is 0.600. The first-order chi connectivity index (χ1) is 8.73. The van der Waals surface area contributed by atoms with E-state index in [1.165, 1.54) is 5.56 Å².